The first-order valence-corrected chi connectivity index (χ1v) is 6.84. The molecule has 1 unspecified atom stereocenters. The maximum Gasteiger partial charge on any atom is 0.244 e. The zero-order valence-electron chi connectivity index (χ0n) is 10.2. The van der Waals surface area contributed by atoms with E-state index in [2.05, 4.69) is 10.6 Å². The van der Waals surface area contributed by atoms with Gasteiger partial charge < -0.3 is 10.6 Å². The summed E-state index contributed by atoms with van der Waals surface area (Å²) in [5, 5.41) is 7.21. The smallest absolute Gasteiger partial charge is 0.244 e. The van der Waals surface area contributed by atoms with Crippen molar-refractivity contribution in [3.05, 3.63) is 28.2 Å². The van der Waals surface area contributed by atoms with Gasteiger partial charge in [-0.25, -0.2) is 0 Å². The molecule has 2 N–H and O–H groups in total. The third-order valence-corrected chi connectivity index (χ3v) is 4.02. The van der Waals surface area contributed by atoms with Gasteiger partial charge in [-0.15, -0.1) is 0 Å². The van der Waals surface area contributed by atoms with Gasteiger partial charge in [0, 0.05) is 5.02 Å². The molecule has 0 bridgehead atoms. The molecule has 1 heterocycles. The van der Waals surface area contributed by atoms with Gasteiger partial charge >= 0.3 is 0 Å². The van der Waals surface area contributed by atoms with Crippen LogP contribution in [0.15, 0.2) is 18.2 Å². The molecule has 0 spiro atoms. The van der Waals surface area contributed by atoms with E-state index in [0.29, 0.717) is 15.7 Å². The SMILES string of the molecule is CCC1(C(=O)Nc2cc(Cl)ccc2Cl)CCCN1. The summed E-state index contributed by atoms with van der Waals surface area (Å²) >= 11 is 11.9. The van der Waals surface area contributed by atoms with Crippen molar-refractivity contribution >= 4 is 34.8 Å². The Morgan fingerprint density at radius 1 is 1.50 bits per heavy atom. The fraction of sp³-hybridized carbons (Fsp3) is 0.462. The van der Waals surface area contributed by atoms with Gasteiger partial charge in [-0.2, -0.15) is 0 Å². The molecule has 18 heavy (non-hydrogen) atoms. The molecule has 1 aliphatic heterocycles. The summed E-state index contributed by atoms with van der Waals surface area (Å²) in [6.07, 6.45) is 2.63. The van der Waals surface area contributed by atoms with Crippen molar-refractivity contribution in [2.24, 2.45) is 0 Å². The molecule has 0 aliphatic carbocycles. The van der Waals surface area contributed by atoms with Crippen LogP contribution in [0.3, 0.4) is 0 Å². The number of carbonyl (C=O) groups excluding carboxylic acids is 1. The predicted octanol–water partition coefficient (Wildman–Crippen LogP) is 3.46. The normalized spacial score (nSPS) is 23.1. The van der Waals surface area contributed by atoms with E-state index in [1.165, 1.54) is 0 Å². The molecule has 0 aromatic heterocycles. The molecule has 0 saturated carbocycles. The van der Waals surface area contributed by atoms with Crippen molar-refractivity contribution in [2.45, 2.75) is 31.7 Å². The Bertz CT molecular complexity index is 456. The van der Waals surface area contributed by atoms with Crippen molar-refractivity contribution in [1.82, 2.24) is 5.32 Å². The summed E-state index contributed by atoms with van der Waals surface area (Å²) in [4.78, 5) is 12.4. The van der Waals surface area contributed by atoms with Gasteiger partial charge in [0.25, 0.3) is 0 Å². The molecule has 0 radical (unpaired) electrons. The van der Waals surface area contributed by atoms with Crippen LogP contribution in [0, 0.1) is 0 Å². The van der Waals surface area contributed by atoms with E-state index in [-0.39, 0.29) is 5.91 Å². The largest absolute Gasteiger partial charge is 0.323 e. The fourth-order valence-corrected chi connectivity index (χ4v) is 2.63. The van der Waals surface area contributed by atoms with Gasteiger partial charge in [-0.1, -0.05) is 30.1 Å². The van der Waals surface area contributed by atoms with E-state index in [1.807, 2.05) is 6.92 Å². The van der Waals surface area contributed by atoms with Crippen LogP contribution in [0.2, 0.25) is 10.0 Å². The highest BCUT2D eigenvalue weighted by molar-refractivity contribution is 6.35. The summed E-state index contributed by atoms with van der Waals surface area (Å²) in [7, 11) is 0. The first kappa shape index (κ1) is 13.7. The van der Waals surface area contributed by atoms with E-state index in [1.54, 1.807) is 18.2 Å². The minimum absolute atomic E-state index is 0.0355. The molecule has 2 rings (SSSR count). The molecule has 3 nitrogen and oxygen atoms in total. The number of benzene rings is 1. The number of amides is 1. The molecule has 98 valence electrons. The van der Waals surface area contributed by atoms with Crippen LogP contribution in [0.25, 0.3) is 0 Å². The Kier molecular flexibility index (Phi) is 4.15. The standard InChI is InChI=1S/C13H16Cl2N2O/c1-2-13(6-3-7-16-13)12(18)17-11-8-9(14)4-5-10(11)15/h4-5,8,16H,2-3,6-7H2,1H3,(H,17,18). The zero-order chi connectivity index (χ0) is 13.2. The first-order chi connectivity index (χ1) is 8.57. The van der Waals surface area contributed by atoms with Crippen LogP contribution in [0.1, 0.15) is 26.2 Å². The highest BCUT2D eigenvalue weighted by atomic mass is 35.5. The molecule has 1 amide bonds. The summed E-state index contributed by atoms with van der Waals surface area (Å²) in [5.41, 5.74) is 0.0988. The minimum Gasteiger partial charge on any atom is -0.323 e. The topological polar surface area (TPSA) is 41.1 Å². The van der Waals surface area contributed by atoms with Crippen molar-refractivity contribution in [2.75, 3.05) is 11.9 Å². The van der Waals surface area contributed by atoms with Gasteiger partial charge in [0.1, 0.15) is 0 Å². The Balaban J connectivity index is 2.18. The molecular weight excluding hydrogens is 271 g/mol. The Hall–Kier alpha value is -0.770. The number of anilines is 1. The number of rotatable bonds is 3. The second kappa shape index (κ2) is 5.47. The van der Waals surface area contributed by atoms with E-state index in [9.17, 15) is 4.79 Å². The molecule has 1 saturated heterocycles. The number of carbonyl (C=O) groups is 1. The highest BCUT2D eigenvalue weighted by Crippen LogP contribution is 2.29. The summed E-state index contributed by atoms with van der Waals surface area (Å²) in [6, 6.07) is 5.04. The predicted molar refractivity (Wildman–Crippen MR) is 75.4 cm³/mol. The van der Waals surface area contributed by atoms with Crippen LogP contribution in [-0.2, 0) is 4.79 Å². The second-order valence-electron chi connectivity index (χ2n) is 4.54. The van der Waals surface area contributed by atoms with Crippen molar-refractivity contribution < 1.29 is 4.79 Å². The van der Waals surface area contributed by atoms with E-state index < -0.39 is 5.54 Å². The van der Waals surface area contributed by atoms with Crippen LogP contribution in [0.4, 0.5) is 5.69 Å². The lowest BCUT2D eigenvalue weighted by Crippen LogP contribution is -2.50. The Morgan fingerprint density at radius 3 is 2.89 bits per heavy atom. The third kappa shape index (κ3) is 2.63. The highest BCUT2D eigenvalue weighted by Gasteiger charge is 2.39. The second-order valence-corrected chi connectivity index (χ2v) is 5.39. The van der Waals surface area contributed by atoms with Crippen LogP contribution in [-0.4, -0.2) is 18.0 Å². The zero-order valence-corrected chi connectivity index (χ0v) is 11.7. The van der Waals surface area contributed by atoms with E-state index in [0.717, 1.165) is 25.8 Å². The quantitative estimate of drug-likeness (QED) is 0.893. The summed E-state index contributed by atoms with van der Waals surface area (Å²) in [6.45, 7) is 2.89. The Morgan fingerprint density at radius 2 is 2.28 bits per heavy atom. The third-order valence-electron chi connectivity index (χ3n) is 3.46. The Labute approximate surface area is 117 Å². The molecular formula is C13H16Cl2N2O. The number of nitrogens with one attached hydrogen (secondary N) is 2. The molecule has 1 aromatic rings. The first-order valence-electron chi connectivity index (χ1n) is 6.09. The van der Waals surface area contributed by atoms with Crippen LogP contribution < -0.4 is 10.6 Å². The van der Waals surface area contributed by atoms with Gasteiger partial charge in [-0.05, 0) is 44.0 Å². The van der Waals surface area contributed by atoms with Gasteiger partial charge in [-0.3, -0.25) is 4.79 Å². The summed E-state index contributed by atoms with van der Waals surface area (Å²) in [5.74, 6) is -0.0355. The van der Waals surface area contributed by atoms with Gasteiger partial charge in [0.05, 0.1) is 16.2 Å². The lowest BCUT2D eigenvalue weighted by Gasteiger charge is -2.26. The number of hydrogen-bond donors (Lipinski definition) is 2. The fourth-order valence-electron chi connectivity index (χ4n) is 2.30. The lowest BCUT2D eigenvalue weighted by atomic mass is 9.93. The minimum atomic E-state index is -0.467. The average Bonchev–Trinajstić information content (AvgIpc) is 2.84. The van der Waals surface area contributed by atoms with E-state index in [4.69, 9.17) is 23.2 Å². The lowest BCUT2D eigenvalue weighted by molar-refractivity contribution is -0.122. The van der Waals surface area contributed by atoms with Crippen molar-refractivity contribution in [3.8, 4) is 0 Å². The van der Waals surface area contributed by atoms with Crippen molar-refractivity contribution in [3.63, 3.8) is 0 Å². The van der Waals surface area contributed by atoms with Crippen LogP contribution in [0.5, 0.6) is 0 Å². The van der Waals surface area contributed by atoms with Gasteiger partial charge in [0.2, 0.25) is 5.91 Å². The van der Waals surface area contributed by atoms with Crippen molar-refractivity contribution in [1.29, 1.82) is 0 Å². The molecule has 1 aliphatic rings. The molecule has 5 heteroatoms. The van der Waals surface area contributed by atoms with Crippen LogP contribution >= 0.6 is 23.2 Å². The number of halogens is 2. The molecule has 1 atom stereocenters. The van der Waals surface area contributed by atoms with Gasteiger partial charge in [0.15, 0.2) is 0 Å². The monoisotopic (exact) mass is 286 g/mol. The molecule has 1 aromatic carbocycles. The summed E-state index contributed by atoms with van der Waals surface area (Å²) < 4.78 is 0. The maximum absolute atomic E-state index is 12.4. The maximum atomic E-state index is 12.4. The van der Waals surface area contributed by atoms with E-state index >= 15 is 0 Å². The average molecular weight is 287 g/mol. The molecule has 1 fully saturated rings. The number of hydrogen-bond acceptors (Lipinski definition) is 2.